The molecule has 0 aliphatic heterocycles. The predicted molar refractivity (Wildman–Crippen MR) is 64.1 cm³/mol. The van der Waals surface area contributed by atoms with Gasteiger partial charge in [-0.05, 0) is 0 Å². The van der Waals surface area contributed by atoms with Crippen LogP contribution in [-0.4, -0.2) is 0 Å². The van der Waals surface area contributed by atoms with Crippen molar-refractivity contribution in [1.29, 1.82) is 0 Å². The summed E-state index contributed by atoms with van der Waals surface area (Å²) in [6.45, 7) is 8.42. The molecule has 0 nitrogen and oxygen atoms in total. The maximum Gasteiger partial charge on any atom is 4.00 e. The fourth-order valence-corrected chi connectivity index (χ4v) is 1.44. The Kier molecular flexibility index (Phi) is 10.2. The second-order valence-electron chi connectivity index (χ2n) is 3.93. The molecule has 0 saturated heterocycles. The Hall–Kier alpha value is -0.127. The standard InChI is InChI=1S/2C7H9.ClH.Zr.H/c2*1-6-3-4-7(2)5-6;;;/h2*3-5H,1-2H3;1H;;/q2*-1;;+4;-1/p-1. The van der Waals surface area contributed by atoms with Crippen LogP contribution >= 0.6 is 0 Å². The number of aryl methyl sites for hydroxylation is 4. The Balaban J connectivity index is -0.000000196. The first-order valence-corrected chi connectivity index (χ1v) is 4.98. The molecule has 0 amide bonds. The molecule has 2 aromatic rings. The Bertz CT molecular complexity index is 319. The van der Waals surface area contributed by atoms with Crippen molar-refractivity contribution < 1.29 is 40.0 Å². The van der Waals surface area contributed by atoms with Gasteiger partial charge in [0.05, 0.1) is 0 Å². The SMILES string of the molecule is Cc1cc[c-](C)c1.Cc1cc[c-](C)c1.[Cl-].[H-].[Zr+4]. The van der Waals surface area contributed by atoms with Gasteiger partial charge >= 0.3 is 26.2 Å². The first-order chi connectivity index (χ1) is 6.58. The van der Waals surface area contributed by atoms with Crippen LogP contribution in [0.25, 0.3) is 0 Å². The van der Waals surface area contributed by atoms with Crippen LogP contribution in [-0.2, 0) is 26.2 Å². The summed E-state index contributed by atoms with van der Waals surface area (Å²) in [5.41, 5.74) is 5.44. The zero-order valence-corrected chi connectivity index (χ0v) is 13.6. The van der Waals surface area contributed by atoms with E-state index in [0.717, 1.165) is 0 Å². The van der Waals surface area contributed by atoms with Crippen molar-refractivity contribution in [2.45, 2.75) is 27.7 Å². The van der Waals surface area contributed by atoms with E-state index >= 15 is 0 Å². The summed E-state index contributed by atoms with van der Waals surface area (Å²) in [4.78, 5) is 0. The first kappa shape index (κ1) is 18.2. The average molecular weight is 314 g/mol. The van der Waals surface area contributed by atoms with Gasteiger partial charge in [0.2, 0.25) is 0 Å². The number of halogens is 1. The van der Waals surface area contributed by atoms with Gasteiger partial charge in [0.1, 0.15) is 0 Å². The molecule has 0 saturated carbocycles. The minimum Gasteiger partial charge on any atom is -1.00 e. The smallest absolute Gasteiger partial charge is 1.00 e. The van der Waals surface area contributed by atoms with Crippen LogP contribution in [0.5, 0.6) is 0 Å². The van der Waals surface area contributed by atoms with E-state index < -0.39 is 0 Å². The largest absolute Gasteiger partial charge is 4.00 e. The molecule has 2 heteroatoms. The number of rotatable bonds is 0. The molecule has 0 N–H and O–H groups in total. The Morgan fingerprint density at radius 1 is 0.875 bits per heavy atom. The minimum absolute atomic E-state index is 0. The molecular weight excluding hydrogens is 295 g/mol. The summed E-state index contributed by atoms with van der Waals surface area (Å²) in [6.07, 6.45) is 0. The minimum atomic E-state index is 0. The van der Waals surface area contributed by atoms with E-state index in [1.54, 1.807) is 0 Å². The van der Waals surface area contributed by atoms with Gasteiger partial charge in [0.15, 0.2) is 0 Å². The molecule has 2 aromatic carbocycles. The van der Waals surface area contributed by atoms with Gasteiger partial charge in [-0.2, -0.15) is 35.4 Å². The monoisotopic (exact) mass is 312 g/mol. The number of hydrogen-bond donors (Lipinski definition) is 0. The molecule has 86 valence electrons. The van der Waals surface area contributed by atoms with E-state index in [9.17, 15) is 0 Å². The van der Waals surface area contributed by atoms with Gasteiger partial charge in [0, 0.05) is 0 Å². The van der Waals surface area contributed by atoms with Crippen LogP contribution in [0.1, 0.15) is 23.7 Å². The molecule has 0 spiro atoms. The third-order valence-corrected chi connectivity index (χ3v) is 2.13. The summed E-state index contributed by atoms with van der Waals surface area (Å²) in [7, 11) is 0. The predicted octanol–water partition coefficient (Wildman–Crippen LogP) is 1.16. The Morgan fingerprint density at radius 3 is 1.25 bits per heavy atom. The van der Waals surface area contributed by atoms with Crippen LogP contribution in [0.2, 0.25) is 0 Å². The van der Waals surface area contributed by atoms with Crippen molar-refractivity contribution >= 4 is 0 Å². The normalized spacial score (nSPS) is 8.25. The summed E-state index contributed by atoms with van der Waals surface area (Å²) >= 11 is 0. The van der Waals surface area contributed by atoms with Gasteiger partial charge in [-0.15, -0.1) is 0 Å². The zero-order chi connectivity index (χ0) is 10.6. The third kappa shape index (κ3) is 7.20. The van der Waals surface area contributed by atoms with Crippen LogP contribution in [0.15, 0.2) is 36.4 Å². The van der Waals surface area contributed by atoms with Gasteiger partial charge in [0.25, 0.3) is 0 Å². The molecule has 0 radical (unpaired) electrons. The second kappa shape index (κ2) is 8.96. The van der Waals surface area contributed by atoms with E-state index in [0.29, 0.717) is 0 Å². The third-order valence-electron chi connectivity index (χ3n) is 2.13. The molecule has 0 fully saturated rings. The van der Waals surface area contributed by atoms with Crippen molar-refractivity contribution in [3.63, 3.8) is 0 Å². The topological polar surface area (TPSA) is 0 Å². The molecule has 0 aliphatic rings. The van der Waals surface area contributed by atoms with E-state index in [2.05, 4.69) is 64.1 Å². The van der Waals surface area contributed by atoms with Crippen molar-refractivity contribution in [3.8, 4) is 0 Å². The van der Waals surface area contributed by atoms with Crippen molar-refractivity contribution in [2.24, 2.45) is 0 Å². The molecule has 16 heavy (non-hydrogen) atoms. The Morgan fingerprint density at radius 2 is 1.19 bits per heavy atom. The molecule has 0 bridgehead atoms. The molecule has 0 unspecified atom stereocenters. The van der Waals surface area contributed by atoms with E-state index in [-0.39, 0.29) is 40.0 Å². The fourth-order valence-electron chi connectivity index (χ4n) is 1.44. The summed E-state index contributed by atoms with van der Waals surface area (Å²) < 4.78 is 0. The summed E-state index contributed by atoms with van der Waals surface area (Å²) in [5, 5.41) is 0. The molecule has 0 heterocycles. The van der Waals surface area contributed by atoms with Gasteiger partial charge in [-0.25, -0.2) is 23.3 Å². The molecule has 0 aliphatic carbocycles. The van der Waals surface area contributed by atoms with E-state index in [1.165, 1.54) is 22.3 Å². The Labute approximate surface area is 126 Å². The first-order valence-electron chi connectivity index (χ1n) is 4.98. The van der Waals surface area contributed by atoms with Crippen LogP contribution < -0.4 is 12.4 Å². The molecule has 0 atom stereocenters. The maximum absolute atomic E-state index is 2.17. The van der Waals surface area contributed by atoms with Gasteiger partial charge < -0.3 is 13.8 Å². The quantitative estimate of drug-likeness (QED) is 0.640. The van der Waals surface area contributed by atoms with Gasteiger partial charge in [-0.1, -0.05) is 27.7 Å². The van der Waals surface area contributed by atoms with Crippen LogP contribution in [0.3, 0.4) is 0 Å². The second-order valence-corrected chi connectivity index (χ2v) is 3.93. The summed E-state index contributed by atoms with van der Waals surface area (Å²) in [6, 6.07) is 12.8. The number of hydrogen-bond acceptors (Lipinski definition) is 0. The van der Waals surface area contributed by atoms with E-state index in [1.807, 2.05) is 0 Å². The molecule has 2 rings (SSSR count). The van der Waals surface area contributed by atoms with Gasteiger partial charge in [-0.3, -0.25) is 0 Å². The van der Waals surface area contributed by atoms with Crippen LogP contribution in [0, 0.1) is 27.7 Å². The summed E-state index contributed by atoms with van der Waals surface area (Å²) in [5.74, 6) is 0. The van der Waals surface area contributed by atoms with Crippen LogP contribution in [0.4, 0.5) is 0 Å². The van der Waals surface area contributed by atoms with E-state index in [4.69, 9.17) is 0 Å². The molecular formula is C14H19ClZr. The van der Waals surface area contributed by atoms with Crippen molar-refractivity contribution in [2.75, 3.05) is 0 Å². The zero-order valence-electron chi connectivity index (χ0n) is 11.3. The van der Waals surface area contributed by atoms with Crippen molar-refractivity contribution in [3.05, 3.63) is 58.7 Å². The fraction of sp³-hybridized carbons (Fsp3) is 0.286. The molecule has 0 aromatic heterocycles. The maximum atomic E-state index is 2.17. The van der Waals surface area contributed by atoms with Crippen molar-refractivity contribution in [1.82, 2.24) is 0 Å². The average Bonchev–Trinajstić information content (AvgIpc) is 2.63.